The van der Waals surface area contributed by atoms with Gasteiger partial charge in [-0.2, -0.15) is 0 Å². The van der Waals surface area contributed by atoms with Crippen molar-refractivity contribution in [1.29, 1.82) is 0 Å². The molecule has 112 valence electrons. The molecule has 1 aromatic heterocycles. The van der Waals surface area contributed by atoms with Crippen LogP contribution >= 0.6 is 0 Å². The average Bonchev–Trinajstić information content (AvgIpc) is 2.50. The van der Waals surface area contributed by atoms with E-state index in [-0.39, 0.29) is 11.5 Å². The predicted octanol–water partition coefficient (Wildman–Crippen LogP) is 2.46. The van der Waals surface area contributed by atoms with Crippen LogP contribution in [-0.4, -0.2) is 27.3 Å². The van der Waals surface area contributed by atoms with Gasteiger partial charge in [0.1, 0.15) is 5.82 Å². The van der Waals surface area contributed by atoms with E-state index in [1.165, 1.54) is 0 Å². The van der Waals surface area contributed by atoms with E-state index in [0.717, 1.165) is 12.8 Å². The van der Waals surface area contributed by atoms with Crippen molar-refractivity contribution >= 4 is 16.8 Å². The molecule has 2 aromatic rings. The normalized spacial score (nSPS) is 10.8. The van der Waals surface area contributed by atoms with Gasteiger partial charge in [0.2, 0.25) is 5.91 Å². The van der Waals surface area contributed by atoms with Crippen molar-refractivity contribution < 1.29 is 4.79 Å². The van der Waals surface area contributed by atoms with Crippen molar-refractivity contribution in [2.75, 3.05) is 6.54 Å². The molecule has 1 amide bonds. The first-order chi connectivity index (χ1) is 10.2. The van der Waals surface area contributed by atoms with Crippen molar-refractivity contribution in [3.05, 3.63) is 40.4 Å². The van der Waals surface area contributed by atoms with Gasteiger partial charge in [-0.25, -0.2) is 4.98 Å². The van der Waals surface area contributed by atoms with E-state index in [4.69, 9.17) is 0 Å². The molecule has 2 rings (SSSR count). The first-order valence-electron chi connectivity index (χ1n) is 7.41. The number of fused-ring (bicyclic) bond motifs is 1. The SMILES string of the molecule is CCCCC(=O)N(CC)Cc1nc2ccccc2c(=O)[nH]1. The molecule has 0 atom stereocenters. The van der Waals surface area contributed by atoms with Gasteiger partial charge >= 0.3 is 0 Å². The van der Waals surface area contributed by atoms with Crippen LogP contribution in [-0.2, 0) is 11.3 Å². The Morgan fingerprint density at radius 2 is 2.05 bits per heavy atom. The summed E-state index contributed by atoms with van der Waals surface area (Å²) in [6.07, 6.45) is 2.42. The van der Waals surface area contributed by atoms with Gasteiger partial charge in [0.05, 0.1) is 17.4 Å². The maximum atomic E-state index is 12.1. The molecule has 0 radical (unpaired) electrons. The van der Waals surface area contributed by atoms with E-state index < -0.39 is 0 Å². The van der Waals surface area contributed by atoms with Crippen molar-refractivity contribution in [2.45, 2.75) is 39.7 Å². The van der Waals surface area contributed by atoms with E-state index in [1.54, 1.807) is 11.0 Å². The maximum absolute atomic E-state index is 12.1. The van der Waals surface area contributed by atoms with Crippen molar-refractivity contribution in [3.8, 4) is 0 Å². The lowest BCUT2D eigenvalue weighted by molar-refractivity contribution is -0.131. The van der Waals surface area contributed by atoms with Gasteiger partial charge < -0.3 is 9.88 Å². The second-order valence-corrected chi connectivity index (χ2v) is 5.04. The highest BCUT2D eigenvalue weighted by molar-refractivity contribution is 5.77. The van der Waals surface area contributed by atoms with Gasteiger partial charge in [0.15, 0.2) is 0 Å². The number of hydrogen-bond donors (Lipinski definition) is 1. The fourth-order valence-corrected chi connectivity index (χ4v) is 2.25. The Morgan fingerprint density at radius 3 is 2.76 bits per heavy atom. The number of unbranched alkanes of at least 4 members (excludes halogenated alkanes) is 1. The van der Waals surface area contributed by atoms with Crippen LogP contribution in [0.15, 0.2) is 29.1 Å². The van der Waals surface area contributed by atoms with Gasteiger partial charge in [-0.1, -0.05) is 25.5 Å². The Labute approximate surface area is 124 Å². The third-order valence-corrected chi connectivity index (χ3v) is 3.48. The maximum Gasteiger partial charge on any atom is 0.258 e. The third kappa shape index (κ3) is 3.68. The van der Waals surface area contributed by atoms with Gasteiger partial charge in [-0.15, -0.1) is 0 Å². The number of aromatic amines is 1. The van der Waals surface area contributed by atoms with E-state index in [2.05, 4.69) is 16.9 Å². The molecular weight excluding hydrogens is 266 g/mol. The molecule has 0 saturated heterocycles. The molecule has 0 aliphatic rings. The Hall–Kier alpha value is -2.17. The van der Waals surface area contributed by atoms with Crippen LogP contribution in [0.1, 0.15) is 38.9 Å². The van der Waals surface area contributed by atoms with Crippen LogP contribution < -0.4 is 5.56 Å². The summed E-state index contributed by atoms with van der Waals surface area (Å²) in [5.74, 6) is 0.639. The van der Waals surface area contributed by atoms with Gasteiger partial charge in [0.25, 0.3) is 5.56 Å². The molecule has 0 bridgehead atoms. The summed E-state index contributed by atoms with van der Waals surface area (Å²) in [5.41, 5.74) is 0.501. The number of aromatic nitrogens is 2. The van der Waals surface area contributed by atoms with Crippen molar-refractivity contribution in [3.63, 3.8) is 0 Å². The zero-order valence-electron chi connectivity index (χ0n) is 12.6. The number of carbonyl (C=O) groups is 1. The number of nitrogens with one attached hydrogen (secondary N) is 1. The van der Waals surface area contributed by atoms with Crippen LogP contribution in [0.4, 0.5) is 0 Å². The van der Waals surface area contributed by atoms with Gasteiger partial charge in [-0.05, 0) is 25.5 Å². The number of amides is 1. The number of para-hydroxylation sites is 1. The molecule has 0 unspecified atom stereocenters. The van der Waals surface area contributed by atoms with E-state index in [9.17, 15) is 9.59 Å². The average molecular weight is 287 g/mol. The highest BCUT2D eigenvalue weighted by atomic mass is 16.2. The molecule has 0 aliphatic carbocycles. The Bertz CT molecular complexity index is 679. The standard InChI is InChI=1S/C16H21N3O2/c1-3-5-10-15(20)19(4-2)11-14-17-13-9-7-6-8-12(13)16(21)18-14/h6-9H,3-5,10-11H2,1-2H3,(H,17,18,21). The largest absolute Gasteiger partial charge is 0.336 e. The zero-order chi connectivity index (χ0) is 15.2. The molecule has 0 saturated carbocycles. The fraction of sp³-hybridized carbons (Fsp3) is 0.438. The fourth-order valence-electron chi connectivity index (χ4n) is 2.25. The van der Waals surface area contributed by atoms with Crippen LogP contribution in [0.2, 0.25) is 0 Å². The monoisotopic (exact) mass is 287 g/mol. The smallest absolute Gasteiger partial charge is 0.258 e. The molecule has 21 heavy (non-hydrogen) atoms. The predicted molar refractivity (Wildman–Crippen MR) is 83.0 cm³/mol. The van der Waals surface area contributed by atoms with Gasteiger partial charge in [0, 0.05) is 13.0 Å². The lowest BCUT2D eigenvalue weighted by Gasteiger charge is -2.20. The Morgan fingerprint density at radius 1 is 1.29 bits per heavy atom. The molecule has 1 aromatic carbocycles. The second kappa shape index (κ2) is 7.02. The number of nitrogens with zero attached hydrogens (tertiary/aromatic N) is 2. The molecule has 0 spiro atoms. The molecule has 1 N–H and O–H groups in total. The van der Waals surface area contributed by atoms with E-state index in [0.29, 0.717) is 36.2 Å². The lowest BCUT2D eigenvalue weighted by atomic mass is 10.2. The van der Waals surface area contributed by atoms with Crippen LogP contribution in [0.3, 0.4) is 0 Å². The summed E-state index contributed by atoms with van der Waals surface area (Å²) < 4.78 is 0. The minimum Gasteiger partial charge on any atom is -0.336 e. The molecule has 0 fully saturated rings. The minimum atomic E-state index is -0.160. The first kappa shape index (κ1) is 15.2. The number of carbonyl (C=O) groups excluding carboxylic acids is 1. The van der Waals surface area contributed by atoms with Crippen LogP contribution in [0.5, 0.6) is 0 Å². The highest BCUT2D eigenvalue weighted by Crippen LogP contribution is 2.08. The van der Waals surface area contributed by atoms with Gasteiger partial charge in [-0.3, -0.25) is 9.59 Å². The summed E-state index contributed by atoms with van der Waals surface area (Å²) in [6.45, 7) is 4.95. The summed E-state index contributed by atoms with van der Waals surface area (Å²) in [7, 11) is 0. The summed E-state index contributed by atoms with van der Waals surface area (Å²) in [4.78, 5) is 33.0. The molecular formula is C16H21N3O2. The number of H-pyrrole nitrogens is 1. The first-order valence-corrected chi connectivity index (χ1v) is 7.41. The van der Waals surface area contributed by atoms with E-state index >= 15 is 0 Å². The molecule has 5 heteroatoms. The summed E-state index contributed by atoms with van der Waals surface area (Å²) in [6, 6.07) is 7.21. The van der Waals surface area contributed by atoms with Crippen LogP contribution in [0.25, 0.3) is 10.9 Å². The molecule has 0 aliphatic heterocycles. The van der Waals surface area contributed by atoms with Crippen LogP contribution in [0, 0.1) is 0 Å². The van der Waals surface area contributed by atoms with Crippen molar-refractivity contribution in [1.82, 2.24) is 14.9 Å². The minimum absolute atomic E-state index is 0.107. The highest BCUT2D eigenvalue weighted by Gasteiger charge is 2.13. The number of benzene rings is 1. The summed E-state index contributed by atoms with van der Waals surface area (Å²) >= 11 is 0. The van der Waals surface area contributed by atoms with Crippen molar-refractivity contribution in [2.24, 2.45) is 0 Å². The number of rotatable bonds is 6. The Kier molecular flexibility index (Phi) is 5.09. The topological polar surface area (TPSA) is 66.1 Å². The summed E-state index contributed by atoms with van der Waals surface area (Å²) in [5, 5.41) is 0.571. The van der Waals surface area contributed by atoms with E-state index in [1.807, 2.05) is 25.1 Å². The third-order valence-electron chi connectivity index (χ3n) is 3.48. The molecule has 1 heterocycles. The quantitative estimate of drug-likeness (QED) is 0.887. The zero-order valence-corrected chi connectivity index (χ0v) is 12.6. The molecule has 5 nitrogen and oxygen atoms in total. The number of hydrogen-bond acceptors (Lipinski definition) is 3. The second-order valence-electron chi connectivity index (χ2n) is 5.04. The lowest BCUT2D eigenvalue weighted by Crippen LogP contribution is -2.31. The Balaban J connectivity index is 2.21.